The minimum Gasteiger partial charge on any atom is -0.480 e. The number of aryl methyl sites for hydroxylation is 1. The van der Waals surface area contributed by atoms with Gasteiger partial charge in [-0.2, -0.15) is 5.10 Å². The number of carboxylic acids is 1. The summed E-state index contributed by atoms with van der Waals surface area (Å²) in [6.45, 7) is 4.86. The molecule has 1 aliphatic rings. The lowest BCUT2D eigenvalue weighted by Gasteiger charge is -2.38. The first-order chi connectivity index (χ1) is 10.6. The van der Waals surface area contributed by atoms with Gasteiger partial charge >= 0.3 is 5.97 Å². The number of rotatable bonds is 4. The molecular formula is C14H20N6O2. The molecule has 1 atom stereocenters. The summed E-state index contributed by atoms with van der Waals surface area (Å²) in [6.07, 6.45) is 3.96. The van der Waals surface area contributed by atoms with Gasteiger partial charge in [-0.15, -0.1) is 0 Å². The highest BCUT2D eigenvalue weighted by molar-refractivity contribution is 5.86. The third-order valence-corrected chi connectivity index (χ3v) is 4.23. The van der Waals surface area contributed by atoms with Gasteiger partial charge in [0.15, 0.2) is 5.65 Å². The van der Waals surface area contributed by atoms with Crippen LogP contribution >= 0.6 is 0 Å². The van der Waals surface area contributed by atoms with Gasteiger partial charge in [-0.3, -0.25) is 14.4 Å². The van der Waals surface area contributed by atoms with Crippen molar-refractivity contribution in [3.8, 4) is 0 Å². The Morgan fingerprint density at radius 1 is 1.32 bits per heavy atom. The molecular weight excluding hydrogens is 284 g/mol. The largest absolute Gasteiger partial charge is 0.480 e. The Morgan fingerprint density at radius 2 is 2.05 bits per heavy atom. The van der Waals surface area contributed by atoms with Gasteiger partial charge in [-0.25, -0.2) is 9.97 Å². The fourth-order valence-corrected chi connectivity index (χ4v) is 3.04. The van der Waals surface area contributed by atoms with Crippen molar-refractivity contribution in [1.29, 1.82) is 0 Å². The number of fused-ring (bicyclic) bond motifs is 1. The average molecular weight is 304 g/mol. The molecule has 0 aliphatic carbocycles. The maximum absolute atomic E-state index is 11.3. The molecule has 1 unspecified atom stereocenters. The molecule has 1 fully saturated rings. The van der Waals surface area contributed by atoms with Crippen LogP contribution in [0.5, 0.6) is 0 Å². The molecule has 0 amide bonds. The third kappa shape index (κ3) is 2.50. The van der Waals surface area contributed by atoms with E-state index in [-0.39, 0.29) is 0 Å². The van der Waals surface area contributed by atoms with Gasteiger partial charge < -0.3 is 10.0 Å². The number of aromatic nitrogens is 4. The molecule has 0 spiro atoms. The average Bonchev–Trinajstić information content (AvgIpc) is 2.90. The Balaban J connectivity index is 1.77. The van der Waals surface area contributed by atoms with Gasteiger partial charge in [-0.05, 0) is 6.42 Å². The molecule has 3 heterocycles. The molecule has 8 nitrogen and oxygen atoms in total. The van der Waals surface area contributed by atoms with E-state index in [1.807, 2.05) is 18.9 Å². The van der Waals surface area contributed by atoms with E-state index in [0.29, 0.717) is 6.42 Å². The van der Waals surface area contributed by atoms with Crippen LogP contribution < -0.4 is 4.90 Å². The molecule has 118 valence electrons. The smallest absolute Gasteiger partial charge is 0.320 e. The molecule has 2 aromatic rings. The van der Waals surface area contributed by atoms with Gasteiger partial charge in [0.25, 0.3) is 0 Å². The number of anilines is 1. The Hall–Kier alpha value is -2.22. The van der Waals surface area contributed by atoms with Gasteiger partial charge in [0.1, 0.15) is 18.2 Å². The first-order valence-electron chi connectivity index (χ1n) is 7.46. The second-order valence-electron chi connectivity index (χ2n) is 5.49. The summed E-state index contributed by atoms with van der Waals surface area (Å²) < 4.78 is 1.73. The highest BCUT2D eigenvalue weighted by Gasteiger charge is 2.28. The van der Waals surface area contributed by atoms with E-state index in [4.69, 9.17) is 0 Å². The van der Waals surface area contributed by atoms with Crippen molar-refractivity contribution in [3.05, 3.63) is 12.5 Å². The van der Waals surface area contributed by atoms with Crippen LogP contribution in [0, 0.1) is 0 Å². The van der Waals surface area contributed by atoms with Crippen molar-refractivity contribution in [2.24, 2.45) is 7.05 Å². The Labute approximate surface area is 128 Å². The molecule has 3 rings (SSSR count). The summed E-state index contributed by atoms with van der Waals surface area (Å²) in [5.41, 5.74) is 0.810. The maximum atomic E-state index is 11.3. The number of hydrogen-bond donors (Lipinski definition) is 1. The van der Waals surface area contributed by atoms with Crippen molar-refractivity contribution in [3.63, 3.8) is 0 Å². The summed E-state index contributed by atoms with van der Waals surface area (Å²) in [6, 6.07) is -0.397. The Kier molecular flexibility index (Phi) is 3.93. The summed E-state index contributed by atoms with van der Waals surface area (Å²) >= 11 is 0. The second-order valence-corrected chi connectivity index (χ2v) is 5.49. The highest BCUT2D eigenvalue weighted by Crippen LogP contribution is 2.23. The van der Waals surface area contributed by atoms with Crippen LogP contribution in [0.3, 0.4) is 0 Å². The van der Waals surface area contributed by atoms with Gasteiger partial charge in [-0.1, -0.05) is 6.92 Å². The standard InChI is InChI=1S/C14H20N6O2/c1-3-11(14(21)22)19-4-6-20(7-5-19)13-10-8-17-18(2)12(10)15-9-16-13/h8-9,11H,3-7H2,1-2H3,(H,21,22). The van der Waals surface area contributed by atoms with Crippen molar-refractivity contribution in [2.45, 2.75) is 19.4 Å². The van der Waals surface area contributed by atoms with Crippen LogP contribution in [-0.2, 0) is 11.8 Å². The summed E-state index contributed by atoms with van der Waals surface area (Å²) in [4.78, 5) is 24.1. The van der Waals surface area contributed by atoms with E-state index in [1.54, 1.807) is 17.2 Å². The number of aliphatic carboxylic acids is 1. The maximum Gasteiger partial charge on any atom is 0.320 e. The van der Waals surface area contributed by atoms with Crippen molar-refractivity contribution >= 4 is 22.8 Å². The lowest BCUT2D eigenvalue weighted by molar-refractivity contribution is -0.143. The Morgan fingerprint density at radius 3 is 2.68 bits per heavy atom. The van der Waals surface area contributed by atoms with Crippen molar-refractivity contribution in [1.82, 2.24) is 24.6 Å². The number of carbonyl (C=O) groups is 1. The van der Waals surface area contributed by atoms with Crippen LogP contribution in [0.15, 0.2) is 12.5 Å². The number of nitrogens with zero attached hydrogens (tertiary/aromatic N) is 6. The zero-order chi connectivity index (χ0) is 15.7. The molecule has 1 aliphatic heterocycles. The highest BCUT2D eigenvalue weighted by atomic mass is 16.4. The van der Waals surface area contributed by atoms with Gasteiger partial charge in [0.05, 0.1) is 11.6 Å². The topological polar surface area (TPSA) is 87.4 Å². The molecule has 0 saturated carbocycles. The van der Waals surface area contributed by atoms with Crippen LogP contribution in [0.4, 0.5) is 5.82 Å². The molecule has 1 saturated heterocycles. The van der Waals surface area contributed by atoms with E-state index in [0.717, 1.165) is 43.0 Å². The van der Waals surface area contributed by atoms with E-state index < -0.39 is 12.0 Å². The van der Waals surface area contributed by atoms with E-state index in [2.05, 4.69) is 20.0 Å². The summed E-state index contributed by atoms with van der Waals surface area (Å²) in [5.74, 6) is 0.133. The fourth-order valence-electron chi connectivity index (χ4n) is 3.04. The molecule has 0 radical (unpaired) electrons. The molecule has 2 aromatic heterocycles. The lowest BCUT2D eigenvalue weighted by atomic mass is 10.1. The quantitative estimate of drug-likeness (QED) is 0.872. The summed E-state index contributed by atoms with van der Waals surface area (Å²) in [5, 5.41) is 14.4. The molecule has 0 bridgehead atoms. The van der Waals surface area contributed by atoms with Gasteiger partial charge in [0, 0.05) is 33.2 Å². The normalized spacial score (nSPS) is 17.8. The minimum atomic E-state index is -0.743. The molecule has 0 aromatic carbocycles. The summed E-state index contributed by atoms with van der Waals surface area (Å²) in [7, 11) is 1.86. The monoisotopic (exact) mass is 304 g/mol. The number of hydrogen-bond acceptors (Lipinski definition) is 6. The van der Waals surface area contributed by atoms with E-state index in [9.17, 15) is 9.90 Å². The van der Waals surface area contributed by atoms with Crippen LogP contribution in [0.1, 0.15) is 13.3 Å². The lowest BCUT2D eigenvalue weighted by Crippen LogP contribution is -2.52. The van der Waals surface area contributed by atoms with Crippen molar-refractivity contribution in [2.75, 3.05) is 31.1 Å². The predicted molar refractivity (Wildman–Crippen MR) is 81.8 cm³/mol. The molecule has 1 N–H and O–H groups in total. The van der Waals surface area contributed by atoms with E-state index in [1.165, 1.54) is 0 Å². The van der Waals surface area contributed by atoms with Crippen LogP contribution in [0.2, 0.25) is 0 Å². The first-order valence-corrected chi connectivity index (χ1v) is 7.46. The zero-order valence-electron chi connectivity index (χ0n) is 12.8. The minimum absolute atomic E-state index is 0.397. The molecule has 22 heavy (non-hydrogen) atoms. The molecule has 8 heteroatoms. The zero-order valence-corrected chi connectivity index (χ0v) is 12.8. The predicted octanol–water partition coefficient (Wildman–Crippen LogP) is 0.349. The van der Waals surface area contributed by atoms with E-state index >= 15 is 0 Å². The van der Waals surface area contributed by atoms with Crippen molar-refractivity contribution < 1.29 is 9.90 Å². The van der Waals surface area contributed by atoms with Crippen LogP contribution in [0.25, 0.3) is 11.0 Å². The van der Waals surface area contributed by atoms with Crippen LogP contribution in [-0.4, -0.2) is 67.9 Å². The first kappa shape index (κ1) is 14.7. The van der Waals surface area contributed by atoms with Gasteiger partial charge in [0.2, 0.25) is 0 Å². The number of piperazine rings is 1. The second kappa shape index (κ2) is 5.88. The fraction of sp³-hybridized carbons (Fsp3) is 0.571. The SMILES string of the molecule is CCC(C(=O)O)N1CCN(c2ncnc3c2cnn3C)CC1. The number of carboxylic acid groups (broad SMARTS) is 1. The third-order valence-electron chi connectivity index (χ3n) is 4.23. The Bertz CT molecular complexity index is 677.